The van der Waals surface area contributed by atoms with Crippen LogP contribution in [0.15, 0.2) is 29.3 Å². The van der Waals surface area contributed by atoms with Crippen molar-refractivity contribution >= 4 is 35.9 Å². The predicted molar refractivity (Wildman–Crippen MR) is 112 cm³/mol. The maximum atomic E-state index is 11.4. The van der Waals surface area contributed by atoms with Gasteiger partial charge in [-0.2, -0.15) is 0 Å². The van der Waals surface area contributed by atoms with Gasteiger partial charge in [0.1, 0.15) is 0 Å². The van der Waals surface area contributed by atoms with E-state index in [2.05, 4.69) is 22.5 Å². The van der Waals surface area contributed by atoms with Crippen LogP contribution in [-0.4, -0.2) is 50.4 Å². The number of ether oxygens (including phenoxy) is 2. The minimum absolute atomic E-state index is 0. The van der Waals surface area contributed by atoms with Crippen LogP contribution in [0.1, 0.15) is 42.1 Å². The number of hydrogen-bond acceptors (Lipinski definition) is 4. The first kappa shape index (κ1) is 21.0. The van der Waals surface area contributed by atoms with Crippen LogP contribution in [0.5, 0.6) is 0 Å². The molecule has 1 aromatic rings. The minimum atomic E-state index is -0.309. The molecule has 2 N–H and O–H groups in total. The van der Waals surface area contributed by atoms with Crippen molar-refractivity contribution < 1.29 is 14.3 Å². The normalized spacial score (nSPS) is 24.1. The molecule has 2 saturated heterocycles. The zero-order valence-corrected chi connectivity index (χ0v) is 17.7. The van der Waals surface area contributed by atoms with Gasteiger partial charge >= 0.3 is 5.97 Å². The molecule has 6 nitrogen and oxygen atoms in total. The van der Waals surface area contributed by atoms with Crippen LogP contribution in [0.2, 0.25) is 0 Å². The van der Waals surface area contributed by atoms with Crippen molar-refractivity contribution in [2.75, 3.05) is 20.2 Å². The molecule has 26 heavy (non-hydrogen) atoms. The average Bonchev–Trinajstić information content (AvgIpc) is 3.25. The standard InChI is InChI=1S/C19H27N3O3.HI/c1-3-20-19(22-16-12-15-8-9-17(16)25-15)21-11-10-13-4-6-14(7-5-13)18(23)24-2;/h4-7,15-17H,3,8-12H2,1-2H3,(H2,20,21,22);1H. The van der Waals surface area contributed by atoms with Crippen molar-refractivity contribution in [3.63, 3.8) is 0 Å². The van der Waals surface area contributed by atoms with Gasteiger partial charge in [0, 0.05) is 13.1 Å². The Morgan fingerprint density at radius 3 is 2.65 bits per heavy atom. The van der Waals surface area contributed by atoms with E-state index >= 15 is 0 Å². The van der Waals surface area contributed by atoms with Crippen LogP contribution in [-0.2, 0) is 15.9 Å². The fourth-order valence-corrected chi connectivity index (χ4v) is 3.51. The quantitative estimate of drug-likeness (QED) is 0.288. The first-order valence-electron chi connectivity index (χ1n) is 9.07. The Hall–Kier alpha value is -1.35. The highest BCUT2D eigenvalue weighted by atomic mass is 127. The molecule has 0 aliphatic carbocycles. The van der Waals surface area contributed by atoms with E-state index in [1.165, 1.54) is 13.5 Å². The van der Waals surface area contributed by atoms with Gasteiger partial charge in [-0.1, -0.05) is 12.1 Å². The van der Waals surface area contributed by atoms with Crippen LogP contribution in [0.3, 0.4) is 0 Å². The highest BCUT2D eigenvalue weighted by Gasteiger charge is 2.41. The lowest BCUT2D eigenvalue weighted by atomic mass is 9.96. The van der Waals surface area contributed by atoms with Crippen molar-refractivity contribution in [3.05, 3.63) is 35.4 Å². The Morgan fingerprint density at radius 2 is 2.08 bits per heavy atom. The third kappa shape index (κ3) is 5.33. The molecule has 2 heterocycles. The molecule has 0 spiro atoms. The molecule has 2 bridgehead atoms. The molecule has 1 aromatic carbocycles. The molecule has 0 radical (unpaired) electrons. The molecule has 144 valence electrons. The Kier molecular flexibility index (Phi) is 8.15. The number of aliphatic imine (C=N–C) groups is 1. The van der Waals surface area contributed by atoms with Crippen LogP contribution in [0.4, 0.5) is 0 Å². The molecule has 7 heteroatoms. The van der Waals surface area contributed by atoms with Gasteiger partial charge in [-0.3, -0.25) is 4.99 Å². The van der Waals surface area contributed by atoms with Gasteiger partial charge in [-0.25, -0.2) is 4.79 Å². The number of halogens is 1. The van der Waals surface area contributed by atoms with Crippen LogP contribution in [0, 0.1) is 0 Å². The van der Waals surface area contributed by atoms with Crippen molar-refractivity contribution in [2.24, 2.45) is 4.99 Å². The smallest absolute Gasteiger partial charge is 0.337 e. The molecule has 3 atom stereocenters. The van der Waals surface area contributed by atoms with Crippen LogP contribution in [0.25, 0.3) is 0 Å². The summed E-state index contributed by atoms with van der Waals surface area (Å²) in [5.41, 5.74) is 1.72. The molecule has 0 aromatic heterocycles. The summed E-state index contributed by atoms with van der Waals surface area (Å²) in [5, 5.41) is 6.83. The fraction of sp³-hybridized carbons (Fsp3) is 0.579. The second-order valence-electron chi connectivity index (χ2n) is 6.56. The van der Waals surface area contributed by atoms with E-state index in [0.717, 1.165) is 37.3 Å². The number of guanidine groups is 1. The number of methoxy groups -OCH3 is 1. The summed E-state index contributed by atoms with van der Waals surface area (Å²) in [6, 6.07) is 7.86. The molecule has 3 rings (SSSR count). The Balaban J connectivity index is 0.00000243. The van der Waals surface area contributed by atoms with E-state index in [0.29, 0.717) is 30.4 Å². The number of fused-ring (bicyclic) bond motifs is 2. The van der Waals surface area contributed by atoms with Crippen LogP contribution < -0.4 is 10.6 Å². The second-order valence-corrected chi connectivity index (χ2v) is 6.56. The highest BCUT2D eigenvalue weighted by Crippen LogP contribution is 2.34. The number of nitrogens with zero attached hydrogens (tertiary/aromatic N) is 1. The maximum absolute atomic E-state index is 11.4. The zero-order valence-electron chi connectivity index (χ0n) is 15.4. The SMILES string of the molecule is CCNC(=NCCc1ccc(C(=O)OC)cc1)NC1CC2CCC1O2.I. The second kappa shape index (κ2) is 10.1. The zero-order chi connectivity index (χ0) is 17.6. The van der Waals surface area contributed by atoms with E-state index < -0.39 is 0 Å². The number of nitrogens with one attached hydrogen (secondary N) is 2. The number of esters is 1. The van der Waals surface area contributed by atoms with Gasteiger partial charge in [0.05, 0.1) is 30.9 Å². The first-order chi connectivity index (χ1) is 12.2. The number of benzene rings is 1. The summed E-state index contributed by atoms with van der Waals surface area (Å²) in [7, 11) is 1.39. The number of rotatable bonds is 6. The van der Waals surface area contributed by atoms with E-state index in [1.807, 2.05) is 12.1 Å². The number of carbonyl (C=O) groups is 1. The van der Waals surface area contributed by atoms with Crippen molar-refractivity contribution in [1.29, 1.82) is 0 Å². The summed E-state index contributed by atoms with van der Waals surface area (Å²) in [4.78, 5) is 16.1. The number of hydrogen-bond donors (Lipinski definition) is 2. The van der Waals surface area contributed by atoms with E-state index in [4.69, 9.17) is 9.47 Å². The molecular formula is C19H28IN3O3. The van der Waals surface area contributed by atoms with Gasteiger partial charge in [0.15, 0.2) is 5.96 Å². The molecule has 0 amide bonds. The monoisotopic (exact) mass is 473 g/mol. The highest BCUT2D eigenvalue weighted by molar-refractivity contribution is 14.0. The fourth-order valence-electron chi connectivity index (χ4n) is 3.51. The van der Waals surface area contributed by atoms with E-state index in [1.54, 1.807) is 12.1 Å². The summed E-state index contributed by atoms with van der Waals surface area (Å²) in [6.07, 6.45) is 5.00. The summed E-state index contributed by atoms with van der Waals surface area (Å²) < 4.78 is 10.6. The Labute approximate surface area is 172 Å². The summed E-state index contributed by atoms with van der Waals surface area (Å²) >= 11 is 0. The Morgan fingerprint density at radius 1 is 1.31 bits per heavy atom. The maximum Gasteiger partial charge on any atom is 0.337 e. The average molecular weight is 473 g/mol. The lowest BCUT2D eigenvalue weighted by Crippen LogP contribution is -2.47. The first-order valence-corrected chi connectivity index (χ1v) is 9.07. The Bertz CT molecular complexity index is 621. The van der Waals surface area contributed by atoms with Gasteiger partial charge in [-0.15, -0.1) is 24.0 Å². The van der Waals surface area contributed by atoms with Gasteiger partial charge in [-0.05, 0) is 50.3 Å². The minimum Gasteiger partial charge on any atom is -0.465 e. The topological polar surface area (TPSA) is 72.0 Å². The molecule has 3 unspecified atom stereocenters. The third-order valence-electron chi connectivity index (χ3n) is 4.82. The van der Waals surface area contributed by atoms with Crippen molar-refractivity contribution in [2.45, 2.75) is 50.9 Å². The molecule has 2 fully saturated rings. The van der Waals surface area contributed by atoms with Crippen molar-refractivity contribution in [3.8, 4) is 0 Å². The summed E-state index contributed by atoms with van der Waals surface area (Å²) in [6.45, 7) is 3.59. The van der Waals surface area contributed by atoms with Gasteiger partial charge in [0.2, 0.25) is 0 Å². The largest absolute Gasteiger partial charge is 0.465 e. The van der Waals surface area contributed by atoms with Crippen molar-refractivity contribution in [1.82, 2.24) is 10.6 Å². The molecule has 2 aliphatic heterocycles. The van der Waals surface area contributed by atoms with Gasteiger partial charge < -0.3 is 20.1 Å². The number of carbonyl (C=O) groups excluding carboxylic acids is 1. The van der Waals surface area contributed by atoms with E-state index in [-0.39, 0.29) is 29.9 Å². The summed E-state index contributed by atoms with van der Waals surface area (Å²) in [5.74, 6) is 0.547. The molecule has 2 aliphatic rings. The van der Waals surface area contributed by atoms with Crippen LogP contribution >= 0.6 is 24.0 Å². The molecular weight excluding hydrogens is 445 g/mol. The van der Waals surface area contributed by atoms with Gasteiger partial charge in [0.25, 0.3) is 0 Å². The predicted octanol–water partition coefficient (Wildman–Crippen LogP) is 2.51. The molecule has 0 saturated carbocycles. The lowest BCUT2D eigenvalue weighted by molar-refractivity contribution is 0.0600. The van der Waals surface area contributed by atoms with E-state index in [9.17, 15) is 4.79 Å². The lowest BCUT2D eigenvalue weighted by Gasteiger charge is -2.22. The third-order valence-corrected chi connectivity index (χ3v) is 4.82.